The first-order valence-corrected chi connectivity index (χ1v) is 4.82. The topological polar surface area (TPSA) is 46.5 Å². The van der Waals surface area contributed by atoms with Crippen molar-refractivity contribution < 1.29 is 14.6 Å². The molecule has 87 valence electrons. The first-order valence-electron chi connectivity index (χ1n) is 4.82. The summed E-state index contributed by atoms with van der Waals surface area (Å²) in [6.07, 6.45) is 2.88. The third-order valence-electron chi connectivity index (χ3n) is 1.54. The van der Waals surface area contributed by atoms with Gasteiger partial charge in [-0.05, 0) is 5.56 Å². The van der Waals surface area contributed by atoms with E-state index >= 15 is 0 Å². The van der Waals surface area contributed by atoms with Crippen molar-refractivity contribution in [3.05, 3.63) is 55.1 Å². The Morgan fingerprint density at radius 3 is 2.24 bits per heavy atom. The number of rotatable bonds is 4. The molecule has 0 fully saturated rings. The molecule has 17 heavy (non-hydrogen) atoms. The second kappa shape index (κ2) is 13.8. The first kappa shape index (κ1) is 19.1. The van der Waals surface area contributed by atoms with Crippen molar-refractivity contribution in [1.82, 2.24) is 0 Å². The minimum Gasteiger partial charge on any atom is -0.460 e. The minimum atomic E-state index is -0.501. The number of aliphatic hydroxyl groups is 1. The van der Waals surface area contributed by atoms with Gasteiger partial charge in [-0.3, -0.25) is 0 Å². The van der Waals surface area contributed by atoms with Gasteiger partial charge in [0.1, 0.15) is 6.61 Å². The van der Waals surface area contributed by atoms with Crippen LogP contribution in [0.4, 0.5) is 0 Å². The van der Waals surface area contributed by atoms with Crippen molar-refractivity contribution in [3.63, 3.8) is 0 Å². The van der Waals surface area contributed by atoms with E-state index in [0.717, 1.165) is 6.08 Å². The van der Waals surface area contributed by atoms with Crippen molar-refractivity contribution in [1.29, 1.82) is 0 Å². The second-order valence-electron chi connectivity index (χ2n) is 2.71. The largest absolute Gasteiger partial charge is 0.460 e. The monoisotopic (exact) mass is 259 g/mol. The van der Waals surface area contributed by atoms with E-state index in [2.05, 4.69) is 17.9 Å². The summed E-state index contributed by atoms with van der Waals surface area (Å²) in [6.45, 7) is 6.70. The van der Waals surface area contributed by atoms with Crippen molar-refractivity contribution in [3.8, 4) is 0 Å². The number of carbonyl (C=O) groups excluding carboxylic acids is 1. The zero-order valence-electron chi connectivity index (χ0n) is 10.1. The standard InChI is InChI=1S/C8H8.C5H8O3.K/c1-2-8-6-4-3-5-7-8;1-2-5(7)8-4-3-6;/h2-7H,1H2;2,6H,1,3-4H2;. The molecule has 1 aromatic rings. The van der Waals surface area contributed by atoms with Gasteiger partial charge in [-0.15, -0.1) is 0 Å². The number of carbonyl (C=O) groups is 1. The summed E-state index contributed by atoms with van der Waals surface area (Å²) in [7, 11) is 0. The Morgan fingerprint density at radius 1 is 1.29 bits per heavy atom. The summed E-state index contributed by atoms with van der Waals surface area (Å²) in [5, 5.41) is 8.10. The van der Waals surface area contributed by atoms with E-state index in [1.54, 1.807) is 0 Å². The van der Waals surface area contributed by atoms with E-state index in [0.29, 0.717) is 0 Å². The molecule has 0 aliphatic carbocycles. The van der Waals surface area contributed by atoms with Crippen LogP contribution >= 0.6 is 0 Å². The SMILES string of the molecule is C=CC(=O)OCCO.C=Cc1ccccc1.[K]. The Labute approximate surface area is 145 Å². The summed E-state index contributed by atoms with van der Waals surface area (Å²) < 4.78 is 4.33. The second-order valence-corrected chi connectivity index (χ2v) is 2.71. The molecule has 0 atom stereocenters. The van der Waals surface area contributed by atoms with Crippen LogP contribution in [-0.4, -0.2) is 75.7 Å². The number of benzene rings is 1. The van der Waals surface area contributed by atoms with Gasteiger partial charge in [0.05, 0.1) is 6.61 Å². The number of hydrogen-bond acceptors (Lipinski definition) is 3. The molecule has 4 heteroatoms. The summed E-state index contributed by atoms with van der Waals surface area (Å²) in [6, 6.07) is 10.0. The van der Waals surface area contributed by atoms with Crippen molar-refractivity contribution >= 4 is 63.4 Å². The third-order valence-corrected chi connectivity index (χ3v) is 1.54. The number of esters is 1. The Bertz CT molecular complexity index is 323. The third kappa shape index (κ3) is 12.0. The van der Waals surface area contributed by atoms with E-state index in [1.165, 1.54) is 5.56 Å². The molecule has 1 rings (SSSR count). The molecule has 1 N–H and O–H groups in total. The predicted molar refractivity (Wildman–Crippen MR) is 70.5 cm³/mol. The molecule has 0 bridgehead atoms. The molecular weight excluding hydrogens is 243 g/mol. The molecule has 1 aromatic carbocycles. The van der Waals surface area contributed by atoms with Crippen LogP contribution in [0.15, 0.2) is 49.6 Å². The average Bonchev–Trinajstić information content (AvgIpc) is 2.37. The van der Waals surface area contributed by atoms with Gasteiger partial charge in [-0.25, -0.2) is 4.79 Å². The van der Waals surface area contributed by atoms with E-state index in [-0.39, 0.29) is 64.6 Å². The fraction of sp³-hybridized carbons (Fsp3) is 0.154. The van der Waals surface area contributed by atoms with Gasteiger partial charge in [0, 0.05) is 57.5 Å². The van der Waals surface area contributed by atoms with Crippen molar-refractivity contribution in [2.75, 3.05) is 13.2 Å². The Kier molecular flexibility index (Phi) is 15.5. The number of hydrogen-bond donors (Lipinski definition) is 1. The maximum absolute atomic E-state index is 10.1. The summed E-state index contributed by atoms with van der Waals surface area (Å²) >= 11 is 0. The van der Waals surface area contributed by atoms with Crippen LogP contribution in [0.25, 0.3) is 6.08 Å². The molecule has 1 radical (unpaired) electrons. The van der Waals surface area contributed by atoms with Crippen LogP contribution in [-0.2, 0) is 9.53 Å². The van der Waals surface area contributed by atoms with Gasteiger partial charge in [0.2, 0.25) is 0 Å². The zero-order valence-corrected chi connectivity index (χ0v) is 13.3. The van der Waals surface area contributed by atoms with Crippen LogP contribution in [0, 0.1) is 0 Å². The Balaban J connectivity index is 0. The van der Waals surface area contributed by atoms with E-state index in [1.807, 2.05) is 36.4 Å². The van der Waals surface area contributed by atoms with Gasteiger partial charge < -0.3 is 9.84 Å². The summed E-state index contributed by atoms with van der Waals surface area (Å²) in [4.78, 5) is 10.1. The van der Waals surface area contributed by atoms with Crippen LogP contribution in [0.5, 0.6) is 0 Å². The van der Waals surface area contributed by atoms with E-state index in [4.69, 9.17) is 5.11 Å². The molecule has 0 aromatic heterocycles. The molecule has 0 saturated heterocycles. The van der Waals surface area contributed by atoms with Gasteiger partial charge >= 0.3 is 5.97 Å². The van der Waals surface area contributed by atoms with Gasteiger partial charge in [0.15, 0.2) is 0 Å². The smallest absolute Gasteiger partial charge is 0.330 e. The predicted octanol–water partition coefficient (Wildman–Crippen LogP) is 1.66. The zero-order chi connectivity index (χ0) is 12.2. The maximum Gasteiger partial charge on any atom is 0.330 e. The summed E-state index contributed by atoms with van der Waals surface area (Å²) in [5.74, 6) is -0.501. The van der Waals surface area contributed by atoms with Crippen molar-refractivity contribution in [2.45, 2.75) is 0 Å². The Morgan fingerprint density at radius 2 is 1.88 bits per heavy atom. The molecule has 0 amide bonds. The number of aliphatic hydroxyl groups excluding tert-OH is 1. The summed E-state index contributed by atoms with van der Waals surface area (Å²) in [5.41, 5.74) is 1.17. The van der Waals surface area contributed by atoms with Gasteiger partial charge in [0.25, 0.3) is 0 Å². The van der Waals surface area contributed by atoms with Crippen LogP contribution in [0.2, 0.25) is 0 Å². The fourth-order valence-electron chi connectivity index (χ4n) is 0.794. The quantitative estimate of drug-likeness (QED) is 0.508. The molecular formula is C13H16KO3. The van der Waals surface area contributed by atoms with Crippen molar-refractivity contribution in [2.24, 2.45) is 0 Å². The van der Waals surface area contributed by atoms with Crippen LogP contribution in [0.1, 0.15) is 5.56 Å². The fourth-order valence-corrected chi connectivity index (χ4v) is 0.794. The van der Waals surface area contributed by atoms with E-state index < -0.39 is 5.97 Å². The molecule has 3 nitrogen and oxygen atoms in total. The van der Waals surface area contributed by atoms with Gasteiger partial charge in [-0.2, -0.15) is 0 Å². The molecule has 0 heterocycles. The van der Waals surface area contributed by atoms with Gasteiger partial charge in [-0.1, -0.05) is 49.6 Å². The van der Waals surface area contributed by atoms with Crippen LogP contribution in [0.3, 0.4) is 0 Å². The minimum absolute atomic E-state index is 0. The molecule has 0 aliphatic rings. The maximum atomic E-state index is 10.1. The Hall–Kier alpha value is -0.234. The van der Waals surface area contributed by atoms with E-state index in [9.17, 15) is 4.79 Å². The average molecular weight is 259 g/mol. The molecule has 0 spiro atoms. The molecule has 0 saturated carbocycles. The normalized spacial score (nSPS) is 7.82. The van der Waals surface area contributed by atoms with Crippen LogP contribution < -0.4 is 0 Å². The first-order chi connectivity index (χ1) is 7.74. The number of ether oxygens (including phenoxy) is 1. The molecule has 0 unspecified atom stereocenters. The molecule has 0 aliphatic heterocycles.